The summed E-state index contributed by atoms with van der Waals surface area (Å²) in [4.78, 5) is 24.2. The van der Waals surface area contributed by atoms with Crippen LogP contribution in [-0.2, 0) is 6.54 Å². The van der Waals surface area contributed by atoms with E-state index in [1.807, 2.05) is 13.8 Å². The lowest BCUT2D eigenvalue weighted by atomic mass is 10.2. The minimum Gasteiger partial charge on any atom is -0.495 e. The van der Waals surface area contributed by atoms with E-state index in [9.17, 15) is 9.59 Å². The number of amides is 3. The summed E-state index contributed by atoms with van der Waals surface area (Å²) in [5.41, 5.74) is 2.47. The Bertz CT molecular complexity index is 1070. The molecule has 0 unspecified atom stereocenters. The van der Waals surface area contributed by atoms with Gasteiger partial charge in [0.15, 0.2) is 0 Å². The Hall–Kier alpha value is -3.33. The van der Waals surface area contributed by atoms with Crippen molar-refractivity contribution < 1.29 is 14.3 Å². The summed E-state index contributed by atoms with van der Waals surface area (Å²) in [6.07, 6.45) is 0. The predicted octanol–water partition coefficient (Wildman–Crippen LogP) is 3.05. The van der Waals surface area contributed by atoms with Gasteiger partial charge in [-0.25, -0.2) is 9.48 Å². The van der Waals surface area contributed by atoms with Gasteiger partial charge in [-0.2, -0.15) is 0 Å². The molecule has 0 bridgehead atoms. The number of anilines is 1. The highest BCUT2D eigenvalue weighted by Crippen LogP contribution is 2.27. The Morgan fingerprint density at radius 1 is 1.20 bits per heavy atom. The molecule has 3 N–H and O–H groups in total. The third kappa shape index (κ3) is 5.18. The van der Waals surface area contributed by atoms with Crippen LogP contribution < -0.4 is 20.7 Å². The van der Waals surface area contributed by atoms with Crippen molar-refractivity contribution in [1.82, 2.24) is 25.6 Å². The third-order valence-electron chi connectivity index (χ3n) is 4.21. The Kier molecular flexibility index (Phi) is 6.73. The number of urea groups is 1. The molecule has 1 aromatic heterocycles. The van der Waals surface area contributed by atoms with Gasteiger partial charge in [0.25, 0.3) is 5.91 Å². The van der Waals surface area contributed by atoms with Gasteiger partial charge in [0, 0.05) is 23.8 Å². The summed E-state index contributed by atoms with van der Waals surface area (Å²) in [5, 5.41) is 16.9. The first-order chi connectivity index (χ1) is 14.4. The number of methoxy groups -OCH3 is 1. The SMILES string of the molecule is COc1ccc(NC(=O)NCCn2nnc3cc(C(=O)NC(C)C)ccc32)cc1Cl. The number of hydrogen-bond acceptors (Lipinski definition) is 5. The van der Waals surface area contributed by atoms with Crippen LogP contribution in [0.25, 0.3) is 11.0 Å². The summed E-state index contributed by atoms with van der Waals surface area (Å²) in [6, 6.07) is 9.89. The van der Waals surface area contributed by atoms with Crippen molar-refractivity contribution in [3.63, 3.8) is 0 Å². The van der Waals surface area contributed by atoms with Gasteiger partial charge in [0.05, 0.1) is 24.2 Å². The van der Waals surface area contributed by atoms with Crippen LogP contribution in [-0.4, -0.2) is 46.6 Å². The maximum absolute atomic E-state index is 12.1. The van der Waals surface area contributed by atoms with Gasteiger partial charge in [0.2, 0.25) is 0 Å². The van der Waals surface area contributed by atoms with Gasteiger partial charge in [0.1, 0.15) is 11.3 Å². The minimum absolute atomic E-state index is 0.0510. The average molecular weight is 431 g/mol. The highest BCUT2D eigenvalue weighted by molar-refractivity contribution is 6.32. The lowest BCUT2D eigenvalue weighted by Gasteiger charge is -2.10. The molecule has 0 spiro atoms. The number of benzene rings is 2. The van der Waals surface area contributed by atoms with Crippen molar-refractivity contribution in [2.75, 3.05) is 19.0 Å². The lowest BCUT2D eigenvalue weighted by Crippen LogP contribution is -2.31. The number of nitrogens with one attached hydrogen (secondary N) is 3. The van der Waals surface area contributed by atoms with Gasteiger partial charge in [-0.05, 0) is 50.2 Å². The van der Waals surface area contributed by atoms with Crippen molar-refractivity contribution >= 4 is 40.3 Å². The lowest BCUT2D eigenvalue weighted by molar-refractivity contribution is 0.0943. The molecule has 1 heterocycles. The zero-order chi connectivity index (χ0) is 21.7. The van der Waals surface area contributed by atoms with Crippen molar-refractivity contribution in [2.45, 2.75) is 26.4 Å². The topological polar surface area (TPSA) is 110 Å². The van der Waals surface area contributed by atoms with E-state index in [0.717, 1.165) is 5.52 Å². The Labute approximate surface area is 178 Å². The van der Waals surface area contributed by atoms with Crippen LogP contribution in [0.4, 0.5) is 10.5 Å². The standard InChI is InChI=1S/C20H23ClN6O3/c1-12(2)23-19(28)13-4-6-17-16(10-13)25-26-27(17)9-8-22-20(29)24-14-5-7-18(30-3)15(21)11-14/h4-7,10-12H,8-9H2,1-3H3,(H,23,28)(H2,22,24,29). The number of carbonyl (C=O) groups is 2. The second-order valence-electron chi connectivity index (χ2n) is 6.87. The molecule has 0 atom stereocenters. The zero-order valence-electron chi connectivity index (χ0n) is 16.9. The van der Waals surface area contributed by atoms with Crippen LogP contribution in [0.3, 0.4) is 0 Å². The fourth-order valence-electron chi connectivity index (χ4n) is 2.82. The van der Waals surface area contributed by atoms with Crippen molar-refractivity contribution in [3.8, 4) is 5.75 Å². The fourth-order valence-corrected chi connectivity index (χ4v) is 3.08. The number of rotatable bonds is 7. The van der Waals surface area contributed by atoms with E-state index < -0.39 is 0 Å². The molecule has 2 aromatic carbocycles. The van der Waals surface area contributed by atoms with Gasteiger partial charge >= 0.3 is 6.03 Å². The Morgan fingerprint density at radius 2 is 2.00 bits per heavy atom. The number of halogens is 1. The van der Waals surface area contributed by atoms with Gasteiger partial charge in [-0.15, -0.1) is 5.10 Å². The fraction of sp³-hybridized carbons (Fsp3) is 0.300. The second kappa shape index (κ2) is 9.45. The van der Waals surface area contributed by atoms with Crippen LogP contribution in [0.5, 0.6) is 5.75 Å². The van der Waals surface area contributed by atoms with Crippen LogP contribution in [0.1, 0.15) is 24.2 Å². The first kappa shape index (κ1) is 21.4. The molecule has 10 heteroatoms. The van der Waals surface area contributed by atoms with Crippen molar-refractivity contribution in [3.05, 3.63) is 47.0 Å². The van der Waals surface area contributed by atoms with Gasteiger partial charge in [-0.1, -0.05) is 16.8 Å². The molecular formula is C20H23ClN6O3. The molecule has 0 aliphatic heterocycles. The zero-order valence-corrected chi connectivity index (χ0v) is 17.7. The normalized spacial score (nSPS) is 10.8. The van der Waals surface area contributed by atoms with E-state index in [-0.39, 0.29) is 18.0 Å². The predicted molar refractivity (Wildman–Crippen MR) is 115 cm³/mol. The molecule has 30 heavy (non-hydrogen) atoms. The smallest absolute Gasteiger partial charge is 0.319 e. The molecule has 3 amide bonds. The van der Waals surface area contributed by atoms with Crippen LogP contribution in [0, 0.1) is 0 Å². The summed E-state index contributed by atoms with van der Waals surface area (Å²) < 4.78 is 6.76. The molecule has 158 valence electrons. The largest absolute Gasteiger partial charge is 0.495 e. The van der Waals surface area contributed by atoms with E-state index in [1.54, 1.807) is 41.1 Å². The van der Waals surface area contributed by atoms with E-state index in [4.69, 9.17) is 16.3 Å². The minimum atomic E-state index is -0.367. The van der Waals surface area contributed by atoms with E-state index in [2.05, 4.69) is 26.3 Å². The molecule has 0 aliphatic rings. The number of fused-ring (bicyclic) bond motifs is 1. The highest BCUT2D eigenvalue weighted by Gasteiger charge is 2.11. The van der Waals surface area contributed by atoms with Crippen LogP contribution >= 0.6 is 11.6 Å². The monoisotopic (exact) mass is 430 g/mol. The van der Waals surface area contributed by atoms with Crippen molar-refractivity contribution in [2.24, 2.45) is 0 Å². The van der Waals surface area contributed by atoms with Crippen molar-refractivity contribution in [1.29, 1.82) is 0 Å². The van der Waals surface area contributed by atoms with E-state index in [1.165, 1.54) is 7.11 Å². The maximum atomic E-state index is 12.1. The Morgan fingerprint density at radius 3 is 2.70 bits per heavy atom. The second-order valence-corrected chi connectivity index (χ2v) is 7.28. The van der Waals surface area contributed by atoms with Gasteiger partial charge in [-0.3, -0.25) is 4.79 Å². The van der Waals surface area contributed by atoms with E-state index in [0.29, 0.717) is 40.6 Å². The first-order valence-corrected chi connectivity index (χ1v) is 9.77. The molecule has 0 aliphatic carbocycles. The van der Waals surface area contributed by atoms with Crippen LogP contribution in [0.2, 0.25) is 5.02 Å². The number of nitrogens with zero attached hydrogens (tertiary/aromatic N) is 3. The quantitative estimate of drug-likeness (QED) is 0.533. The number of carbonyl (C=O) groups excluding carboxylic acids is 2. The molecule has 3 aromatic rings. The maximum Gasteiger partial charge on any atom is 0.319 e. The number of ether oxygens (including phenoxy) is 1. The molecule has 0 radical (unpaired) electrons. The van der Waals surface area contributed by atoms with Crippen LogP contribution in [0.15, 0.2) is 36.4 Å². The molecular weight excluding hydrogens is 408 g/mol. The average Bonchev–Trinajstić information content (AvgIpc) is 3.10. The first-order valence-electron chi connectivity index (χ1n) is 9.40. The van der Waals surface area contributed by atoms with E-state index >= 15 is 0 Å². The molecule has 9 nitrogen and oxygen atoms in total. The number of aromatic nitrogens is 3. The third-order valence-corrected chi connectivity index (χ3v) is 4.51. The molecule has 0 saturated carbocycles. The summed E-state index contributed by atoms with van der Waals surface area (Å²) >= 11 is 6.06. The highest BCUT2D eigenvalue weighted by atomic mass is 35.5. The summed E-state index contributed by atoms with van der Waals surface area (Å²) in [5.74, 6) is 0.379. The summed E-state index contributed by atoms with van der Waals surface area (Å²) in [7, 11) is 1.52. The Balaban J connectivity index is 1.56. The molecule has 3 rings (SSSR count). The van der Waals surface area contributed by atoms with Gasteiger partial charge < -0.3 is 20.7 Å². The molecule has 0 fully saturated rings. The number of hydrogen-bond donors (Lipinski definition) is 3. The summed E-state index contributed by atoms with van der Waals surface area (Å²) in [6.45, 7) is 4.56. The molecule has 0 saturated heterocycles.